The van der Waals surface area contributed by atoms with Crippen LogP contribution in [0.2, 0.25) is 5.02 Å². The number of benzene rings is 4. The zero-order valence-electron chi connectivity index (χ0n) is 26.4. The third-order valence-corrected chi connectivity index (χ3v) is 9.21. The van der Waals surface area contributed by atoms with Gasteiger partial charge in [0.25, 0.3) is 5.56 Å². The molecule has 10 heteroatoms. The molecule has 5 aromatic rings. The standard InChI is InChI=1S/C37H33ClN2O6S/c1-5-44-31-19-23(15-17-30(31)46-21-24-11-7-10-14-28(24)38)20-32-35(41)40-34(33(36(42)45-6-2)22(3)39-37(40)47-32)27-16-18-29(43-4)26-13-9-8-12-25(26)27/h7-20,34H,5-6,21H2,1-4H3/b32-20-/t34-/m0/s1. The van der Waals surface area contributed by atoms with Crippen LogP contribution in [0.5, 0.6) is 17.2 Å². The highest BCUT2D eigenvalue weighted by Crippen LogP contribution is 2.38. The second kappa shape index (κ2) is 13.9. The van der Waals surface area contributed by atoms with E-state index in [1.165, 1.54) is 11.3 Å². The predicted octanol–water partition coefficient (Wildman–Crippen LogP) is 6.59. The first-order chi connectivity index (χ1) is 22.8. The van der Waals surface area contributed by atoms with Gasteiger partial charge in [-0.2, -0.15) is 0 Å². The van der Waals surface area contributed by atoms with Crippen LogP contribution in [0.25, 0.3) is 16.8 Å². The second-order valence-corrected chi connectivity index (χ2v) is 12.1. The Labute approximate surface area is 280 Å². The van der Waals surface area contributed by atoms with Crippen LogP contribution >= 0.6 is 22.9 Å². The van der Waals surface area contributed by atoms with Crippen LogP contribution in [0.3, 0.4) is 0 Å². The highest BCUT2D eigenvalue weighted by molar-refractivity contribution is 7.07. The molecule has 2 heterocycles. The van der Waals surface area contributed by atoms with Gasteiger partial charge in [-0.05, 0) is 67.6 Å². The summed E-state index contributed by atoms with van der Waals surface area (Å²) in [7, 11) is 1.62. The number of esters is 1. The summed E-state index contributed by atoms with van der Waals surface area (Å²) in [4.78, 5) is 32.9. The number of allylic oxidation sites excluding steroid dienone is 1. The molecule has 0 aliphatic carbocycles. The zero-order valence-corrected chi connectivity index (χ0v) is 28.0. The van der Waals surface area contributed by atoms with E-state index < -0.39 is 12.0 Å². The van der Waals surface area contributed by atoms with Gasteiger partial charge in [0.2, 0.25) is 0 Å². The van der Waals surface area contributed by atoms with Crippen LogP contribution in [0.15, 0.2) is 99.9 Å². The van der Waals surface area contributed by atoms with E-state index in [0.717, 1.165) is 27.5 Å². The first-order valence-corrected chi connectivity index (χ1v) is 16.4. The number of methoxy groups -OCH3 is 1. The molecule has 47 heavy (non-hydrogen) atoms. The minimum absolute atomic E-state index is 0.191. The van der Waals surface area contributed by atoms with E-state index in [-0.39, 0.29) is 18.8 Å². The molecule has 1 atom stereocenters. The van der Waals surface area contributed by atoms with E-state index in [0.29, 0.717) is 49.5 Å². The van der Waals surface area contributed by atoms with Gasteiger partial charge in [0.15, 0.2) is 16.3 Å². The van der Waals surface area contributed by atoms with Gasteiger partial charge in [0, 0.05) is 16.0 Å². The average Bonchev–Trinajstić information content (AvgIpc) is 3.37. The van der Waals surface area contributed by atoms with Gasteiger partial charge in [0.1, 0.15) is 12.4 Å². The Morgan fingerprint density at radius 2 is 1.68 bits per heavy atom. The largest absolute Gasteiger partial charge is 0.496 e. The van der Waals surface area contributed by atoms with Gasteiger partial charge in [-0.25, -0.2) is 9.79 Å². The van der Waals surface area contributed by atoms with Crippen molar-refractivity contribution in [1.82, 2.24) is 4.57 Å². The molecule has 0 N–H and O–H groups in total. The van der Waals surface area contributed by atoms with Crippen molar-refractivity contribution in [2.24, 2.45) is 4.99 Å². The molecule has 1 aliphatic heterocycles. The fraction of sp³-hybridized carbons (Fsp3) is 0.216. The van der Waals surface area contributed by atoms with Gasteiger partial charge in [-0.1, -0.05) is 77.5 Å². The Balaban J connectivity index is 1.46. The van der Waals surface area contributed by atoms with Gasteiger partial charge in [-0.15, -0.1) is 0 Å². The molecule has 0 saturated carbocycles. The number of rotatable bonds is 10. The summed E-state index contributed by atoms with van der Waals surface area (Å²) in [6.07, 6.45) is 1.80. The summed E-state index contributed by atoms with van der Waals surface area (Å²) in [5.41, 5.74) is 2.92. The van der Waals surface area contributed by atoms with E-state index in [2.05, 4.69) is 0 Å². The number of carbonyl (C=O) groups excluding carboxylic acids is 1. The number of nitrogens with zero attached hydrogens (tertiary/aromatic N) is 2. The van der Waals surface area contributed by atoms with Gasteiger partial charge in [0.05, 0.1) is 42.2 Å². The van der Waals surface area contributed by atoms with E-state index in [9.17, 15) is 9.59 Å². The van der Waals surface area contributed by atoms with Gasteiger partial charge >= 0.3 is 5.97 Å². The zero-order chi connectivity index (χ0) is 33.1. The number of hydrogen-bond acceptors (Lipinski definition) is 8. The molecule has 240 valence electrons. The summed E-state index contributed by atoms with van der Waals surface area (Å²) in [6, 6.07) is 23.8. The Hall–Kier alpha value is -4.86. The van der Waals surface area contributed by atoms with E-state index in [4.69, 9.17) is 35.5 Å². The number of carbonyl (C=O) groups is 1. The third kappa shape index (κ3) is 6.28. The highest BCUT2D eigenvalue weighted by Gasteiger charge is 2.34. The van der Waals surface area contributed by atoms with E-state index in [1.54, 1.807) is 31.6 Å². The Bertz CT molecular complexity index is 2200. The van der Waals surface area contributed by atoms with Crippen LogP contribution in [-0.4, -0.2) is 30.9 Å². The maximum atomic E-state index is 14.3. The minimum Gasteiger partial charge on any atom is -0.496 e. The number of ether oxygens (including phenoxy) is 4. The third-order valence-electron chi connectivity index (χ3n) is 7.86. The summed E-state index contributed by atoms with van der Waals surface area (Å²) >= 11 is 7.58. The van der Waals surface area contributed by atoms with Crippen LogP contribution < -0.4 is 29.1 Å². The lowest BCUT2D eigenvalue weighted by atomic mass is 9.91. The predicted molar refractivity (Wildman–Crippen MR) is 184 cm³/mol. The summed E-state index contributed by atoms with van der Waals surface area (Å²) in [6.45, 7) is 6.33. The Morgan fingerprint density at radius 1 is 0.936 bits per heavy atom. The molecule has 0 bridgehead atoms. The maximum Gasteiger partial charge on any atom is 0.338 e. The number of aromatic nitrogens is 1. The van der Waals surface area contributed by atoms with Crippen molar-refractivity contribution in [3.8, 4) is 17.2 Å². The molecular weight excluding hydrogens is 636 g/mol. The highest BCUT2D eigenvalue weighted by atomic mass is 35.5. The Kier molecular flexibility index (Phi) is 9.47. The monoisotopic (exact) mass is 668 g/mol. The van der Waals surface area contributed by atoms with Gasteiger partial charge < -0.3 is 18.9 Å². The molecule has 0 radical (unpaired) electrons. The topological polar surface area (TPSA) is 88.4 Å². The summed E-state index contributed by atoms with van der Waals surface area (Å²) in [5.74, 6) is 1.29. The lowest BCUT2D eigenvalue weighted by Crippen LogP contribution is -2.40. The number of halogens is 1. The van der Waals surface area contributed by atoms with Crippen LogP contribution in [0, 0.1) is 0 Å². The van der Waals surface area contributed by atoms with E-state index >= 15 is 0 Å². The van der Waals surface area contributed by atoms with Crippen LogP contribution in [-0.2, 0) is 16.1 Å². The number of thiazole rings is 1. The molecule has 0 spiro atoms. The maximum absolute atomic E-state index is 14.3. The second-order valence-electron chi connectivity index (χ2n) is 10.7. The first-order valence-electron chi connectivity index (χ1n) is 15.2. The molecule has 0 unspecified atom stereocenters. The first kappa shape index (κ1) is 32.1. The average molecular weight is 669 g/mol. The smallest absolute Gasteiger partial charge is 0.338 e. The fourth-order valence-electron chi connectivity index (χ4n) is 5.72. The molecular formula is C37H33ClN2O6S. The van der Waals surface area contributed by atoms with Crippen molar-refractivity contribution in [2.45, 2.75) is 33.4 Å². The minimum atomic E-state index is -0.761. The molecule has 1 aromatic heterocycles. The molecule has 8 nitrogen and oxygen atoms in total. The van der Waals surface area contributed by atoms with E-state index in [1.807, 2.05) is 85.8 Å². The summed E-state index contributed by atoms with van der Waals surface area (Å²) in [5, 5.41) is 2.35. The molecule has 0 amide bonds. The van der Waals surface area contributed by atoms with Gasteiger partial charge in [-0.3, -0.25) is 9.36 Å². The normalized spacial score (nSPS) is 14.5. The molecule has 6 rings (SSSR count). The summed E-state index contributed by atoms with van der Waals surface area (Å²) < 4.78 is 25.1. The van der Waals surface area contributed by atoms with Crippen molar-refractivity contribution in [1.29, 1.82) is 0 Å². The molecule has 1 aliphatic rings. The fourth-order valence-corrected chi connectivity index (χ4v) is 6.96. The lowest BCUT2D eigenvalue weighted by molar-refractivity contribution is -0.139. The lowest BCUT2D eigenvalue weighted by Gasteiger charge is -2.26. The molecule has 4 aromatic carbocycles. The number of fused-ring (bicyclic) bond motifs is 2. The molecule has 0 saturated heterocycles. The number of hydrogen-bond donors (Lipinski definition) is 0. The quantitative estimate of drug-likeness (QED) is 0.156. The Morgan fingerprint density at radius 3 is 2.43 bits per heavy atom. The van der Waals surface area contributed by atoms with Crippen LogP contribution in [0.1, 0.15) is 43.5 Å². The van der Waals surface area contributed by atoms with Crippen molar-refractivity contribution in [3.63, 3.8) is 0 Å². The van der Waals surface area contributed by atoms with Crippen molar-refractivity contribution in [2.75, 3.05) is 20.3 Å². The molecule has 0 fully saturated rings. The van der Waals surface area contributed by atoms with Crippen molar-refractivity contribution < 1.29 is 23.7 Å². The SMILES string of the molecule is CCOC(=O)C1=C(C)N=c2s/c(=C\c3ccc(OCc4ccccc4Cl)c(OCC)c3)c(=O)n2[C@H]1c1ccc(OC)c2ccccc12. The van der Waals surface area contributed by atoms with Crippen molar-refractivity contribution in [3.05, 3.63) is 132 Å². The van der Waals surface area contributed by atoms with Crippen LogP contribution in [0.4, 0.5) is 0 Å². The van der Waals surface area contributed by atoms with Crippen molar-refractivity contribution >= 4 is 45.8 Å².